The topological polar surface area (TPSA) is 0 Å². The van der Waals surface area contributed by atoms with E-state index in [0.717, 1.165) is 11.1 Å². The second kappa shape index (κ2) is 4.31. The van der Waals surface area contributed by atoms with E-state index in [1.54, 1.807) is 0 Å². The average Bonchev–Trinajstić information content (AvgIpc) is 1.99. The highest BCUT2D eigenvalue weighted by atomic mass is 32.1. The van der Waals surface area contributed by atoms with Crippen molar-refractivity contribution in [2.45, 2.75) is 6.92 Å². The molecule has 12 heavy (non-hydrogen) atoms. The van der Waals surface area contributed by atoms with E-state index in [9.17, 15) is 4.39 Å². The number of benzene rings is 1. The van der Waals surface area contributed by atoms with Gasteiger partial charge in [0, 0.05) is 5.75 Å². The van der Waals surface area contributed by atoms with Crippen molar-refractivity contribution in [2.75, 3.05) is 5.75 Å². The van der Waals surface area contributed by atoms with Gasteiger partial charge in [0.05, 0.1) is 0 Å². The van der Waals surface area contributed by atoms with Crippen molar-refractivity contribution < 1.29 is 4.39 Å². The number of thiol groups is 1. The molecule has 64 valence electrons. The van der Waals surface area contributed by atoms with Gasteiger partial charge in [0.2, 0.25) is 0 Å². The molecule has 0 aliphatic rings. The van der Waals surface area contributed by atoms with Crippen molar-refractivity contribution in [2.24, 2.45) is 0 Å². The van der Waals surface area contributed by atoms with Crippen LogP contribution in [0.4, 0.5) is 4.39 Å². The lowest BCUT2D eigenvalue weighted by Gasteiger charge is -1.96. The smallest absolute Gasteiger partial charge is 0.124 e. The lowest BCUT2D eigenvalue weighted by Crippen LogP contribution is -1.80. The molecule has 0 nitrogen and oxygen atoms in total. The van der Waals surface area contributed by atoms with Gasteiger partial charge in [-0.15, -0.1) is 0 Å². The van der Waals surface area contributed by atoms with Crippen molar-refractivity contribution in [3.8, 4) is 0 Å². The summed E-state index contributed by atoms with van der Waals surface area (Å²) in [6, 6.07) is 4.95. The minimum Gasteiger partial charge on any atom is -0.207 e. The van der Waals surface area contributed by atoms with Crippen LogP contribution < -0.4 is 0 Å². The number of hydrogen-bond acceptors (Lipinski definition) is 1. The fourth-order valence-corrected chi connectivity index (χ4v) is 1.16. The Bertz CT molecular complexity index is 272. The van der Waals surface area contributed by atoms with Crippen LogP contribution in [0.5, 0.6) is 0 Å². The Morgan fingerprint density at radius 2 is 2.17 bits per heavy atom. The molecule has 0 bridgehead atoms. The lowest BCUT2D eigenvalue weighted by molar-refractivity contribution is 0.626. The fourth-order valence-electron chi connectivity index (χ4n) is 1.05. The Morgan fingerprint density at radius 3 is 2.75 bits per heavy atom. The van der Waals surface area contributed by atoms with Gasteiger partial charge in [-0.3, -0.25) is 0 Å². The van der Waals surface area contributed by atoms with E-state index < -0.39 is 0 Å². The molecular formula is C10H11FS. The Morgan fingerprint density at radius 1 is 1.42 bits per heavy atom. The zero-order chi connectivity index (χ0) is 8.97. The zero-order valence-electron chi connectivity index (χ0n) is 6.92. The molecule has 0 aliphatic heterocycles. The van der Waals surface area contributed by atoms with Crippen LogP contribution in [0.15, 0.2) is 24.3 Å². The van der Waals surface area contributed by atoms with Gasteiger partial charge >= 0.3 is 0 Å². The van der Waals surface area contributed by atoms with Gasteiger partial charge in [-0.25, -0.2) is 4.39 Å². The maximum atomic E-state index is 12.8. The van der Waals surface area contributed by atoms with Gasteiger partial charge in [-0.1, -0.05) is 18.2 Å². The molecule has 0 saturated carbocycles. The summed E-state index contributed by atoms with van der Waals surface area (Å²) in [7, 11) is 0. The summed E-state index contributed by atoms with van der Waals surface area (Å²) in [6.07, 6.45) is 3.75. The summed E-state index contributed by atoms with van der Waals surface area (Å²) in [5.74, 6) is 0.490. The van der Waals surface area contributed by atoms with Gasteiger partial charge in [0.25, 0.3) is 0 Å². The third-order valence-electron chi connectivity index (χ3n) is 1.48. The Hall–Kier alpha value is -0.760. The molecule has 0 amide bonds. The van der Waals surface area contributed by atoms with Crippen LogP contribution in [-0.4, -0.2) is 5.75 Å². The summed E-state index contributed by atoms with van der Waals surface area (Å²) < 4.78 is 12.8. The second-order valence-corrected chi connectivity index (χ2v) is 3.01. The third-order valence-corrected chi connectivity index (χ3v) is 1.69. The molecule has 0 radical (unpaired) electrons. The first-order chi connectivity index (χ1) is 5.72. The Labute approximate surface area is 77.5 Å². The summed E-state index contributed by atoms with van der Waals surface area (Å²) in [6.45, 7) is 1.88. The van der Waals surface area contributed by atoms with Gasteiger partial charge in [-0.05, 0) is 30.2 Å². The van der Waals surface area contributed by atoms with E-state index in [-0.39, 0.29) is 5.82 Å². The van der Waals surface area contributed by atoms with Crippen LogP contribution in [0.25, 0.3) is 6.08 Å². The highest BCUT2D eigenvalue weighted by Gasteiger charge is 1.93. The first kappa shape index (κ1) is 9.33. The predicted octanol–water partition coefficient (Wildman–Crippen LogP) is 3.08. The van der Waals surface area contributed by atoms with Crippen molar-refractivity contribution >= 4 is 18.7 Å². The average molecular weight is 182 g/mol. The molecule has 0 aromatic heterocycles. The van der Waals surface area contributed by atoms with Gasteiger partial charge in [0.1, 0.15) is 5.82 Å². The van der Waals surface area contributed by atoms with E-state index in [0.29, 0.717) is 5.75 Å². The summed E-state index contributed by atoms with van der Waals surface area (Å²) in [5.41, 5.74) is 1.83. The maximum absolute atomic E-state index is 12.8. The normalized spacial score (nSPS) is 10.9. The Kier molecular flexibility index (Phi) is 3.35. The molecule has 0 atom stereocenters. The second-order valence-electron chi connectivity index (χ2n) is 2.65. The van der Waals surface area contributed by atoms with Crippen LogP contribution >= 0.6 is 12.6 Å². The number of halogens is 1. The summed E-state index contributed by atoms with van der Waals surface area (Å²) in [4.78, 5) is 0. The molecule has 0 saturated heterocycles. The molecule has 0 N–H and O–H groups in total. The molecule has 1 rings (SSSR count). The minimum absolute atomic E-state index is 0.186. The van der Waals surface area contributed by atoms with Crippen LogP contribution in [0.2, 0.25) is 0 Å². The van der Waals surface area contributed by atoms with E-state index in [1.165, 1.54) is 12.1 Å². The molecule has 0 unspecified atom stereocenters. The number of hydrogen-bond donors (Lipinski definition) is 1. The standard InChI is InChI=1S/C10H11FS/c1-8-5-9(3-2-4-12)7-10(11)6-8/h2-3,5-7,12H,4H2,1H3. The first-order valence-electron chi connectivity index (χ1n) is 3.77. The summed E-state index contributed by atoms with van der Waals surface area (Å²) in [5, 5.41) is 0. The molecule has 0 aliphatic carbocycles. The fraction of sp³-hybridized carbons (Fsp3) is 0.200. The Balaban J connectivity index is 2.93. The third kappa shape index (κ3) is 2.70. The van der Waals surface area contributed by atoms with E-state index in [2.05, 4.69) is 12.6 Å². The molecule has 0 spiro atoms. The first-order valence-corrected chi connectivity index (χ1v) is 4.40. The molecule has 2 heteroatoms. The number of rotatable bonds is 2. The monoisotopic (exact) mass is 182 g/mol. The quantitative estimate of drug-likeness (QED) is 0.668. The molecule has 1 aromatic carbocycles. The van der Waals surface area contributed by atoms with E-state index >= 15 is 0 Å². The maximum Gasteiger partial charge on any atom is 0.124 e. The molecule has 1 aromatic rings. The zero-order valence-corrected chi connectivity index (χ0v) is 7.81. The highest BCUT2D eigenvalue weighted by Crippen LogP contribution is 2.09. The minimum atomic E-state index is -0.186. The van der Waals surface area contributed by atoms with Gasteiger partial charge in [-0.2, -0.15) is 12.6 Å². The SMILES string of the molecule is Cc1cc(F)cc(C=CCS)c1. The molecular weight excluding hydrogens is 171 g/mol. The van der Waals surface area contributed by atoms with Crippen LogP contribution in [0.3, 0.4) is 0 Å². The van der Waals surface area contributed by atoms with Crippen LogP contribution in [0.1, 0.15) is 11.1 Å². The van der Waals surface area contributed by atoms with Crippen molar-refractivity contribution in [1.82, 2.24) is 0 Å². The van der Waals surface area contributed by atoms with Crippen LogP contribution in [0, 0.1) is 12.7 Å². The largest absolute Gasteiger partial charge is 0.207 e. The molecule has 0 fully saturated rings. The van der Waals surface area contributed by atoms with E-state index in [4.69, 9.17) is 0 Å². The van der Waals surface area contributed by atoms with Crippen molar-refractivity contribution in [3.05, 3.63) is 41.2 Å². The predicted molar refractivity (Wildman–Crippen MR) is 54.0 cm³/mol. The highest BCUT2D eigenvalue weighted by molar-refractivity contribution is 7.80. The van der Waals surface area contributed by atoms with E-state index in [1.807, 2.05) is 25.1 Å². The van der Waals surface area contributed by atoms with Crippen molar-refractivity contribution in [3.63, 3.8) is 0 Å². The summed E-state index contributed by atoms with van der Waals surface area (Å²) >= 11 is 4.02. The van der Waals surface area contributed by atoms with Gasteiger partial charge < -0.3 is 0 Å². The number of aryl methyl sites for hydroxylation is 1. The van der Waals surface area contributed by atoms with Gasteiger partial charge in [0.15, 0.2) is 0 Å². The van der Waals surface area contributed by atoms with Crippen molar-refractivity contribution in [1.29, 1.82) is 0 Å². The lowest BCUT2D eigenvalue weighted by atomic mass is 10.1. The van der Waals surface area contributed by atoms with Crippen LogP contribution in [-0.2, 0) is 0 Å². The molecule has 0 heterocycles.